The Labute approximate surface area is 121 Å². The molecule has 0 aliphatic rings. The van der Waals surface area contributed by atoms with E-state index in [1.165, 1.54) is 0 Å². The molecule has 0 bridgehead atoms. The fraction of sp³-hybridized carbons (Fsp3) is 0. The molecule has 3 nitrogen and oxygen atoms in total. The summed E-state index contributed by atoms with van der Waals surface area (Å²) in [4.78, 5) is 0. The van der Waals surface area contributed by atoms with Crippen LogP contribution in [0.1, 0.15) is 5.56 Å². The van der Waals surface area contributed by atoms with Gasteiger partial charge >= 0.3 is 0 Å². The molecule has 0 aliphatic carbocycles. The van der Waals surface area contributed by atoms with Crippen molar-refractivity contribution >= 4 is 37.5 Å². The monoisotopic (exact) mass is 366 g/mol. The number of hydrogen-bond acceptors (Lipinski definition) is 3. The second-order valence-electron chi connectivity index (χ2n) is 3.54. The number of rotatable bonds is 2. The first-order chi connectivity index (χ1) is 8.60. The number of nitrogens with zero attached hydrogens (tertiary/aromatic N) is 1. The van der Waals surface area contributed by atoms with Crippen LogP contribution in [0.15, 0.2) is 45.3 Å². The van der Waals surface area contributed by atoms with Crippen LogP contribution in [-0.2, 0) is 0 Å². The van der Waals surface area contributed by atoms with Gasteiger partial charge in [0.25, 0.3) is 0 Å². The molecule has 0 atom stereocenters. The minimum atomic E-state index is 0.406. The molecule has 0 amide bonds. The third kappa shape index (κ3) is 2.84. The quantitative estimate of drug-likeness (QED) is 0.797. The van der Waals surface area contributed by atoms with Crippen molar-refractivity contribution in [1.29, 1.82) is 5.26 Å². The topological polar surface area (TPSA) is 59.0 Å². The molecule has 18 heavy (non-hydrogen) atoms. The van der Waals surface area contributed by atoms with Gasteiger partial charge in [0, 0.05) is 10.5 Å². The summed E-state index contributed by atoms with van der Waals surface area (Å²) in [5, 5.41) is 8.79. The van der Waals surface area contributed by atoms with Crippen molar-refractivity contribution < 1.29 is 4.74 Å². The Bertz CT molecular complexity index is 635. The SMILES string of the molecule is N#Cc1ccc(Oc2ccc(Br)cc2Br)cc1N. The summed E-state index contributed by atoms with van der Waals surface area (Å²) in [5.74, 6) is 1.27. The summed E-state index contributed by atoms with van der Waals surface area (Å²) in [5.41, 5.74) is 6.57. The van der Waals surface area contributed by atoms with Crippen LogP contribution < -0.4 is 10.5 Å². The van der Waals surface area contributed by atoms with Gasteiger partial charge in [0.2, 0.25) is 0 Å². The zero-order valence-electron chi connectivity index (χ0n) is 9.15. The molecule has 0 aromatic heterocycles. The summed E-state index contributed by atoms with van der Waals surface area (Å²) < 4.78 is 7.48. The molecule has 2 aromatic carbocycles. The third-order valence-corrected chi connectivity index (χ3v) is 3.38. The largest absolute Gasteiger partial charge is 0.456 e. The van der Waals surface area contributed by atoms with Gasteiger partial charge in [-0.1, -0.05) is 15.9 Å². The maximum Gasteiger partial charge on any atom is 0.141 e. The summed E-state index contributed by atoms with van der Waals surface area (Å²) in [6.07, 6.45) is 0. The number of nitrogen functional groups attached to an aromatic ring is 1. The van der Waals surface area contributed by atoms with Crippen molar-refractivity contribution in [3.8, 4) is 17.6 Å². The first-order valence-corrected chi connectivity index (χ1v) is 6.61. The highest BCUT2D eigenvalue weighted by Gasteiger charge is 2.05. The molecule has 0 heterocycles. The fourth-order valence-corrected chi connectivity index (χ4v) is 2.52. The summed E-state index contributed by atoms with van der Waals surface area (Å²) in [6.45, 7) is 0. The van der Waals surface area contributed by atoms with Gasteiger partial charge in [-0.2, -0.15) is 5.26 Å². The van der Waals surface area contributed by atoms with Crippen molar-refractivity contribution in [1.82, 2.24) is 0 Å². The van der Waals surface area contributed by atoms with Crippen molar-refractivity contribution in [3.05, 3.63) is 50.9 Å². The van der Waals surface area contributed by atoms with Crippen LogP contribution in [0, 0.1) is 11.3 Å². The molecule has 0 saturated heterocycles. The highest BCUT2D eigenvalue weighted by molar-refractivity contribution is 9.11. The maximum atomic E-state index is 8.79. The molecule has 0 fully saturated rings. The first kappa shape index (κ1) is 12.9. The average Bonchev–Trinajstić information content (AvgIpc) is 2.33. The molecule has 0 unspecified atom stereocenters. The number of halogens is 2. The van der Waals surface area contributed by atoms with Gasteiger partial charge in [-0.3, -0.25) is 0 Å². The van der Waals surface area contributed by atoms with Crippen molar-refractivity contribution in [2.45, 2.75) is 0 Å². The molecular weight excluding hydrogens is 360 g/mol. The predicted molar refractivity (Wildman–Crippen MR) is 77.5 cm³/mol. The van der Waals surface area contributed by atoms with Crippen LogP contribution >= 0.6 is 31.9 Å². The lowest BCUT2D eigenvalue weighted by Gasteiger charge is -2.09. The Kier molecular flexibility index (Phi) is 3.90. The third-order valence-electron chi connectivity index (χ3n) is 2.27. The average molecular weight is 368 g/mol. The number of nitrogens with two attached hydrogens (primary N) is 1. The van der Waals surface area contributed by atoms with Crippen LogP contribution in [0.25, 0.3) is 0 Å². The molecule has 0 aliphatic heterocycles. The molecule has 5 heteroatoms. The molecule has 2 N–H and O–H groups in total. The molecule has 90 valence electrons. The summed E-state index contributed by atoms with van der Waals surface area (Å²) >= 11 is 6.78. The first-order valence-electron chi connectivity index (χ1n) is 5.02. The Balaban J connectivity index is 2.29. The number of anilines is 1. The standard InChI is InChI=1S/C13H8Br2N2O/c14-9-2-4-13(11(15)5-9)18-10-3-1-8(7-16)12(17)6-10/h1-6H,17H2. The van der Waals surface area contributed by atoms with Gasteiger partial charge in [0.05, 0.1) is 15.7 Å². The van der Waals surface area contributed by atoms with E-state index in [0.29, 0.717) is 22.7 Å². The van der Waals surface area contributed by atoms with E-state index < -0.39 is 0 Å². The van der Waals surface area contributed by atoms with E-state index in [0.717, 1.165) is 8.95 Å². The number of benzene rings is 2. The molecule has 0 radical (unpaired) electrons. The number of nitriles is 1. The van der Waals surface area contributed by atoms with E-state index in [-0.39, 0.29) is 0 Å². The Morgan fingerprint density at radius 1 is 1.11 bits per heavy atom. The van der Waals surface area contributed by atoms with E-state index in [1.54, 1.807) is 18.2 Å². The number of hydrogen-bond donors (Lipinski definition) is 1. The highest BCUT2D eigenvalue weighted by Crippen LogP contribution is 2.32. The molecule has 2 aromatic rings. The van der Waals surface area contributed by atoms with Crippen molar-refractivity contribution in [2.24, 2.45) is 0 Å². The van der Waals surface area contributed by atoms with Crippen LogP contribution in [0.3, 0.4) is 0 Å². The molecule has 0 saturated carbocycles. The Morgan fingerprint density at radius 3 is 2.50 bits per heavy atom. The van der Waals surface area contributed by atoms with Crippen LogP contribution in [0.2, 0.25) is 0 Å². The Morgan fingerprint density at radius 2 is 1.89 bits per heavy atom. The van der Waals surface area contributed by atoms with Gasteiger partial charge in [-0.05, 0) is 46.3 Å². The van der Waals surface area contributed by atoms with Crippen LogP contribution in [0.4, 0.5) is 5.69 Å². The molecule has 0 spiro atoms. The zero-order chi connectivity index (χ0) is 13.1. The molecule has 2 rings (SSSR count). The smallest absolute Gasteiger partial charge is 0.141 e. The number of ether oxygens (including phenoxy) is 1. The van der Waals surface area contributed by atoms with E-state index in [2.05, 4.69) is 31.9 Å². The van der Waals surface area contributed by atoms with Gasteiger partial charge in [0.1, 0.15) is 17.6 Å². The van der Waals surface area contributed by atoms with E-state index in [1.807, 2.05) is 24.3 Å². The molecular formula is C13H8Br2N2O. The minimum Gasteiger partial charge on any atom is -0.456 e. The van der Waals surface area contributed by atoms with E-state index in [4.69, 9.17) is 15.7 Å². The predicted octanol–water partition coefficient (Wildman–Crippen LogP) is 4.46. The van der Waals surface area contributed by atoms with Crippen LogP contribution in [0.5, 0.6) is 11.5 Å². The van der Waals surface area contributed by atoms with Crippen LogP contribution in [-0.4, -0.2) is 0 Å². The normalized spacial score (nSPS) is 9.83. The Hall–Kier alpha value is -1.51. The van der Waals surface area contributed by atoms with Gasteiger partial charge in [0.15, 0.2) is 0 Å². The zero-order valence-corrected chi connectivity index (χ0v) is 12.3. The lowest BCUT2D eigenvalue weighted by molar-refractivity contribution is 0.480. The lowest BCUT2D eigenvalue weighted by atomic mass is 10.2. The summed E-state index contributed by atoms with van der Waals surface area (Å²) in [7, 11) is 0. The highest BCUT2D eigenvalue weighted by atomic mass is 79.9. The lowest BCUT2D eigenvalue weighted by Crippen LogP contribution is -1.92. The van der Waals surface area contributed by atoms with Crippen molar-refractivity contribution in [3.63, 3.8) is 0 Å². The van der Waals surface area contributed by atoms with Crippen molar-refractivity contribution in [2.75, 3.05) is 5.73 Å². The van der Waals surface area contributed by atoms with Gasteiger partial charge < -0.3 is 10.5 Å². The second kappa shape index (κ2) is 5.42. The second-order valence-corrected chi connectivity index (χ2v) is 5.31. The van der Waals surface area contributed by atoms with Gasteiger partial charge in [-0.15, -0.1) is 0 Å². The summed E-state index contributed by atoms with van der Waals surface area (Å²) in [6, 6.07) is 12.6. The van der Waals surface area contributed by atoms with E-state index >= 15 is 0 Å². The fourth-order valence-electron chi connectivity index (χ4n) is 1.39. The van der Waals surface area contributed by atoms with E-state index in [9.17, 15) is 0 Å². The maximum absolute atomic E-state index is 8.79. The van der Waals surface area contributed by atoms with Gasteiger partial charge in [-0.25, -0.2) is 0 Å². The minimum absolute atomic E-state index is 0.406.